The molecule has 0 spiro atoms. The molecule has 8 nitrogen and oxygen atoms in total. The van der Waals surface area contributed by atoms with Crippen LogP contribution in [0.4, 0.5) is 0 Å². The van der Waals surface area contributed by atoms with Gasteiger partial charge in [0.05, 0.1) is 6.04 Å². The van der Waals surface area contributed by atoms with Crippen LogP contribution >= 0.6 is 0 Å². The highest BCUT2D eigenvalue weighted by Crippen LogP contribution is 2.26. The summed E-state index contributed by atoms with van der Waals surface area (Å²) in [5.74, 6) is -0.925. The fourth-order valence-corrected chi connectivity index (χ4v) is 5.17. The van der Waals surface area contributed by atoms with Crippen molar-refractivity contribution in [3.63, 3.8) is 0 Å². The molecule has 2 amide bonds. The Bertz CT molecular complexity index is 1030. The molecule has 4 atom stereocenters. The number of aliphatic carboxylic acids is 1. The number of H-pyrrole nitrogens is 1. The molecule has 1 aliphatic carbocycles. The maximum atomic E-state index is 13.5. The van der Waals surface area contributed by atoms with E-state index in [0.717, 1.165) is 29.3 Å². The van der Waals surface area contributed by atoms with Crippen LogP contribution in [-0.2, 0) is 20.8 Å². The second kappa shape index (κ2) is 12.9. The van der Waals surface area contributed by atoms with E-state index in [0.29, 0.717) is 18.8 Å². The van der Waals surface area contributed by atoms with Gasteiger partial charge in [0.1, 0.15) is 12.1 Å². The Morgan fingerprint density at radius 1 is 0.972 bits per heavy atom. The SMILES string of the molecule is CC(C)C[C@H](NC(=O)[C@H](Cc1c[nH]c2ccccc12)NC(C)C(=O)O)C(=O)N[C@@H](C)C1CCCCC1. The minimum atomic E-state index is -1.04. The molecule has 1 aromatic heterocycles. The minimum Gasteiger partial charge on any atom is -0.480 e. The monoisotopic (exact) mass is 498 g/mol. The van der Waals surface area contributed by atoms with Crippen molar-refractivity contribution in [2.45, 2.75) is 96.8 Å². The van der Waals surface area contributed by atoms with Crippen molar-refractivity contribution >= 4 is 28.7 Å². The molecule has 2 aromatic rings. The molecule has 1 fully saturated rings. The normalized spacial score (nSPS) is 17.9. The van der Waals surface area contributed by atoms with Gasteiger partial charge in [-0.25, -0.2) is 0 Å². The first-order valence-electron chi connectivity index (χ1n) is 13.3. The van der Waals surface area contributed by atoms with Crippen LogP contribution < -0.4 is 16.0 Å². The highest BCUT2D eigenvalue weighted by molar-refractivity contribution is 5.91. The quantitative estimate of drug-likeness (QED) is 0.305. The molecule has 0 saturated heterocycles. The van der Waals surface area contributed by atoms with Crippen LogP contribution in [0.25, 0.3) is 10.9 Å². The van der Waals surface area contributed by atoms with E-state index < -0.39 is 24.1 Å². The minimum absolute atomic E-state index is 0.0524. The third-order valence-corrected chi connectivity index (χ3v) is 7.30. The smallest absolute Gasteiger partial charge is 0.320 e. The molecule has 36 heavy (non-hydrogen) atoms. The molecule has 1 aromatic carbocycles. The second-order valence-electron chi connectivity index (χ2n) is 10.7. The van der Waals surface area contributed by atoms with E-state index in [9.17, 15) is 19.5 Å². The van der Waals surface area contributed by atoms with Crippen molar-refractivity contribution in [3.8, 4) is 0 Å². The molecule has 198 valence electrons. The Balaban J connectivity index is 1.75. The zero-order chi connectivity index (χ0) is 26.2. The zero-order valence-corrected chi connectivity index (χ0v) is 22.0. The summed E-state index contributed by atoms with van der Waals surface area (Å²) in [5.41, 5.74) is 1.86. The van der Waals surface area contributed by atoms with E-state index >= 15 is 0 Å². The lowest BCUT2D eigenvalue weighted by molar-refractivity contribution is -0.139. The Morgan fingerprint density at radius 3 is 2.31 bits per heavy atom. The number of carbonyl (C=O) groups excluding carboxylic acids is 2. The van der Waals surface area contributed by atoms with Crippen molar-refractivity contribution < 1.29 is 19.5 Å². The van der Waals surface area contributed by atoms with E-state index in [-0.39, 0.29) is 23.8 Å². The van der Waals surface area contributed by atoms with Gasteiger partial charge in [0.2, 0.25) is 11.8 Å². The first kappa shape index (κ1) is 27.7. The summed E-state index contributed by atoms with van der Waals surface area (Å²) in [6.45, 7) is 7.61. The van der Waals surface area contributed by atoms with Gasteiger partial charge < -0.3 is 20.7 Å². The van der Waals surface area contributed by atoms with Crippen LogP contribution in [0, 0.1) is 11.8 Å². The van der Waals surface area contributed by atoms with E-state index in [1.807, 2.05) is 44.3 Å². The summed E-state index contributed by atoms with van der Waals surface area (Å²) < 4.78 is 0. The Morgan fingerprint density at radius 2 is 1.64 bits per heavy atom. The number of carboxylic acid groups (broad SMARTS) is 1. The first-order chi connectivity index (χ1) is 17.2. The van der Waals surface area contributed by atoms with Gasteiger partial charge in [-0.15, -0.1) is 0 Å². The number of aromatic nitrogens is 1. The van der Waals surface area contributed by atoms with Gasteiger partial charge in [-0.3, -0.25) is 19.7 Å². The number of benzene rings is 1. The number of rotatable bonds is 12. The number of carboxylic acids is 1. The molecule has 0 aliphatic heterocycles. The van der Waals surface area contributed by atoms with Crippen molar-refractivity contribution in [2.24, 2.45) is 11.8 Å². The van der Waals surface area contributed by atoms with Crippen LogP contribution in [0.15, 0.2) is 30.5 Å². The van der Waals surface area contributed by atoms with Gasteiger partial charge in [-0.1, -0.05) is 51.3 Å². The number of hydrogen-bond acceptors (Lipinski definition) is 4. The summed E-state index contributed by atoms with van der Waals surface area (Å²) in [4.78, 5) is 41.5. The highest BCUT2D eigenvalue weighted by Gasteiger charge is 2.31. The van der Waals surface area contributed by atoms with E-state index in [1.165, 1.54) is 26.2 Å². The lowest BCUT2D eigenvalue weighted by Gasteiger charge is -2.31. The standard InChI is InChI=1S/C28H42N4O4/c1-17(2)14-24(26(33)31-18(3)20-10-6-5-7-11-20)32-27(34)25(30-19(4)28(35)36)15-21-16-29-23-13-9-8-12-22(21)23/h8-9,12-13,16-20,24-25,29-30H,5-7,10-11,14-15H2,1-4H3,(H,31,33)(H,32,34)(H,35,36)/t18-,19?,24-,25-/m0/s1. The van der Waals surface area contributed by atoms with Gasteiger partial charge in [0.15, 0.2) is 0 Å². The van der Waals surface area contributed by atoms with Gasteiger partial charge in [0.25, 0.3) is 0 Å². The number of fused-ring (bicyclic) bond motifs is 1. The Kier molecular flexibility index (Phi) is 9.93. The van der Waals surface area contributed by atoms with E-state index in [2.05, 4.69) is 27.9 Å². The second-order valence-corrected chi connectivity index (χ2v) is 10.7. The van der Waals surface area contributed by atoms with Gasteiger partial charge in [0, 0.05) is 23.1 Å². The molecule has 1 saturated carbocycles. The summed E-state index contributed by atoms with van der Waals surface area (Å²) in [7, 11) is 0. The van der Waals surface area contributed by atoms with Crippen LogP contribution in [-0.4, -0.2) is 52.0 Å². The van der Waals surface area contributed by atoms with Crippen molar-refractivity contribution in [1.82, 2.24) is 20.9 Å². The number of nitrogens with one attached hydrogen (secondary N) is 4. The van der Waals surface area contributed by atoms with Gasteiger partial charge >= 0.3 is 5.97 Å². The maximum absolute atomic E-state index is 13.5. The summed E-state index contributed by atoms with van der Waals surface area (Å²) in [6.07, 6.45) is 8.52. The average Bonchev–Trinajstić information content (AvgIpc) is 3.26. The van der Waals surface area contributed by atoms with Crippen molar-refractivity contribution in [1.29, 1.82) is 0 Å². The molecule has 5 N–H and O–H groups in total. The van der Waals surface area contributed by atoms with E-state index in [1.54, 1.807) is 0 Å². The number of carbonyl (C=O) groups is 3. The van der Waals surface area contributed by atoms with Crippen molar-refractivity contribution in [2.75, 3.05) is 0 Å². The van der Waals surface area contributed by atoms with E-state index in [4.69, 9.17) is 0 Å². The predicted molar refractivity (Wildman–Crippen MR) is 142 cm³/mol. The first-order valence-corrected chi connectivity index (χ1v) is 13.3. The number of para-hydroxylation sites is 1. The van der Waals surface area contributed by atoms with Crippen LogP contribution in [0.2, 0.25) is 0 Å². The molecule has 8 heteroatoms. The third kappa shape index (κ3) is 7.56. The number of hydrogen-bond donors (Lipinski definition) is 5. The molecular weight excluding hydrogens is 456 g/mol. The summed E-state index contributed by atoms with van der Waals surface area (Å²) >= 11 is 0. The van der Waals surface area contributed by atoms with Crippen LogP contribution in [0.3, 0.4) is 0 Å². The molecule has 3 rings (SSSR count). The number of aromatic amines is 1. The number of amides is 2. The fraction of sp³-hybridized carbons (Fsp3) is 0.607. The molecule has 1 unspecified atom stereocenters. The largest absolute Gasteiger partial charge is 0.480 e. The maximum Gasteiger partial charge on any atom is 0.320 e. The molecule has 1 aliphatic rings. The molecule has 0 bridgehead atoms. The van der Waals surface area contributed by atoms with Gasteiger partial charge in [-0.2, -0.15) is 0 Å². The summed E-state index contributed by atoms with van der Waals surface area (Å²) in [5, 5.41) is 19.5. The summed E-state index contributed by atoms with van der Waals surface area (Å²) in [6, 6.07) is 5.42. The molecule has 1 heterocycles. The fourth-order valence-electron chi connectivity index (χ4n) is 5.17. The lowest BCUT2D eigenvalue weighted by atomic mass is 9.84. The third-order valence-electron chi connectivity index (χ3n) is 7.30. The lowest BCUT2D eigenvalue weighted by Crippen LogP contribution is -2.57. The van der Waals surface area contributed by atoms with Gasteiger partial charge in [-0.05, 0) is 63.0 Å². The van der Waals surface area contributed by atoms with Crippen molar-refractivity contribution in [3.05, 3.63) is 36.0 Å². The molecular formula is C28H42N4O4. The Hall–Kier alpha value is -2.87. The topological polar surface area (TPSA) is 123 Å². The average molecular weight is 499 g/mol. The van der Waals surface area contributed by atoms with Crippen LogP contribution in [0.1, 0.15) is 71.8 Å². The molecule has 0 radical (unpaired) electrons. The Labute approximate surface area is 214 Å². The van der Waals surface area contributed by atoms with Crippen LogP contribution in [0.5, 0.6) is 0 Å². The highest BCUT2D eigenvalue weighted by atomic mass is 16.4. The predicted octanol–water partition coefficient (Wildman–Crippen LogP) is 3.76. The zero-order valence-electron chi connectivity index (χ0n) is 22.0.